The zero-order valence-corrected chi connectivity index (χ0v) is 8.82. The molecule has 1 heterocycles. The monoisotopic (exact) mass is 243 g/mol. The minimum Gasteiger partial charge on any atom is -0.476 e. The highest BCUT2D eigenvalue weighted by molar-refractivity contribution is 5.90. The van der Waals surface area contributed by atoms with Crippen LogP contribution in [-0.4, -0.2) is 49.1 Å². The quantitative estimate of drug-likeness (QED) is 0.420. The molecule has 0 saturated heterocycles. The highest BCUT2D eigenvalue weighted by Crippen LogP contribution is 2.18. The van der Waals surface area contributed by atoms with Gasteiger partial charge in [0, 0.05) is 6.61 Å². The third-order valence-corrected chi connectivity index (χ3v) is 2.11. The standard InChI is InChI=1S/C9H13N3O5/c10-8-6(9(16)17)12-4(3-11-8)7(15)5(14)1-2-13/h3,5,7,13-15H,1-2H2,(H2,10,11)(H,16,17). The fourth-order valence-corrected chi connectivity index (χ4v) is 1.20. The number of aromatic carboxylic acids is 1. The maximum absolute atomic E-state index is 10.7. The number of carbonyl (C=O) groups is 1. The van der Waals surface area contributed by atoms with E-state index in [-0.39, 0.29) is 24.5 Å². The Labute approximate surface area is 96.4 Å². The minimum absolute atomic E-state index is 0.0599. The third-order valence-electron chi connectivity index (χ3n) is 2.11. The maximum atomic E-state index is 10.7. The summed E-state index contributed by atoms with van der Waals surface area (Å²) in [4.78, 5) is 17.9. The predicted molar refractivity (Wildman–Crippen MR) is 56.1 cm³/mol. The zero-order valence-electron chi connectivity index (χ0n) is 8.82. The van der Waals surface area contributed by atoms with Gasteiger partial charge in [-0.2, -0.15) is 0 Å². The van der Waals surface area contributed by atoms with Crippen molar-refractivity contribution in [1.29, 1.82) is 0 Å². The molecule has 0 spiro atoms. The lowest BCUT2D eigenvalue weighted by molar-refractivity contribution is 0.00156. The van der Waals surface area contributed by atoms with Crippen LogP contribution >= 0.6 is 0 Å². The molecule has 0 aliphatic carbocycles. The Hall–Kier alpha value is -1.77. The van der Waals surface area contributed by atoms with Crippen LogP contribution in [0.15, 0.2) is 6.20 Å². The molecule has 0 aliphatic heterocycles. The Morgan fingerprint density at radius 1 is 1.47 bits per heavy atom. The van der Waals surface area contributed by atoms with Gasteiger partial charge >= 0.3 is 5.97 Å². The number of carboxylic acid groups (broad SMARTS) is 1. The molecule has 0 amide bonds. The van der Waals surface area contributed by atoms with Crippen LogP contribution in [0.4, 0.5) is 5.82 Å². The van der Waals surface area contributed by atoms with Gasteiger partial charge in [0.15, 0.2) is 11.5 Å². The largest absolute Gasteiger partial charge is 0.476 e. The summed E-state index contributed by atoms with van der Waals surface area (Å²) in [6.07, 6.45) is -1.66. The molecule has 2 unspecified atom stereocenters. The summed E-state index contributed by atoms with van der Waals surface area (Å²) < 4.78 is 0. The molecule has 1 rings (SSSR count). The van der Waals surface area contributed by atoms with Crippen molar-refractivity contribution in [2.45, 2.75) is 18.6 Å². The number of rotatable bonds is 5. The second-order valence-electron chi connectivity index (χ2n) is 3.36. The van der Waals surface area contributed by atoms with Crippen LogP contribution in [0.25, 0.3) is 0 Å². The fraction of sp³-hybridized carbons (Fsp3) is 0.444. The summed E-state index contributed by atoms with van der Waals surface area (Å²) in [5.74, 6) is -1.65. The SMILES string of the molecule is Nc1ncc(C(O)C(O)CCO)nc1C(=O)O. The number of aromatic nitrogens is 2. The van der Waals surface area contributed by atoms with Gasteiger partial charge in [0.25, 0.3) is 0 Å². The molecule has 2 atom stereocenters. The molecule has 17 heavy (non-hydrogen) atoms. The molecule has 8 nitrogen and oxygen atoms in total. The van der Waals surface area contributed by atoms with Crippen LogP contribution in [0.3, 0.4) is 0 Å². The Bertz CT molecular complexity index is 412. The van der Waals surface area contributed by atoms with E-state index in [2.05, 4.69) is 9.97 Å². The lowest BCUT2D eigenvalue weighted by atomic mass is 10.1. The summed E-state index contributed by atoms with van der Waals surface area (Å²) in [6, 6.07) is 0. The Balaban J connectivity index is 2.99. The van der Waals surface area contributed by atoms with E-state index in [1.807, 2.05) is 0 Å². The smallest absolute Gasteiger partial charge is 0.358 e. The first kappa shape index (κ1) is 13.3. The molecular formula is C9H13N3O5. The van der Waals surface area contributed by atoms with E-state index >= 15 is 0 Å². The van der Waals surface area contributed by atoms with E-state index in [9.17, 15) is 15.0 Å². The average Bonchev–Trinajstić information content (AvgIpc) is 2.28. The first-order valence-electron chi connectivity index (χ1n) is 4.80. The molecule has 1 aromatic heterocycles. The van der Waals surface area contributed by atoms with Gasteiger partial charge in [-0.3, -0.25) is 0 Å². The van der Waals surface area contributed by atoms with Crippen molar-refractivity contribution in [2.24, 2.45) is 0 Å². The van der Waals surface area contributed by atoms with E-state index < -0.39 is 23.9 Å². The van der Waals surface area contributed by atoms with Crippen LogP contribution in [-0.2, 0) is 0 Å². The third kappa shape index (κ3) is 3.09. The van der Waals surface area contributed by atoms with Crippen molar-refractivity contribution in [2.75, 3.05) is 12.3 Å². The first-order valence-corrected chi connectivity index (χ1v) is 4.80. The molecule has 0 radical (unpaired) electrons. The van der Waals surface area contributed by atoms with Gasteiger partial charge in [0.1, 0.15) is 6.10 Å². The first-order chi connectivity index (χ1) is 7.97. The molecule has 0 fully saturated rings. The van der Waals surface area contributed by atoms with Gasteiger partial charge in [-0.05, 0) is 6.42 Å². The van der Waals surface area contributed by atoms with E-state index in [0.717, 1.165) is 6.20 Å². The van der Waals surface area contributed by atoms with Crippen molar-refractivity contribution in [3.8, 4) is 0 Å². The number of nitrogens with two attached hydrogens (primary N) is 1. The molecule has 94 valence electrons. The topological polar surface area (TPSA) is 150 Å². The maximum Gasteiger partial charge on any atom is 0.358 e. The minimum atomic E-state index is -1.42. The number of nitrogen functional groups attached to an aromatic ring is 1. The highest BCUT2D eigenvalue weighted by atomic mass is 16.4. The summed E-state index contributed by atoms with van der Waals surface area (Å²) in [7, 11) is 0. The fourth-order valence-electron chi connectivity index (χ4n) is 1.20. The molecule has 8 heteroatoms. The second kappa shape index (κ2) is 5.53. The number of aliphatic hydroxyl groups excluding tert-OH is 3. The van der Waals surface area contributed by atoms with Crippen molar-refractivity contribution < 1.29 is 25.2 Å². The van der Waals surface area contributed by atoms with Gasteiger partial charge in [-0.15, -0.1) is 0 Å². The number of aliphatic hydroxyl groups is 3. The summed E-state index contributed by atoms with van der Waals surface area (Å²) in [5.41, 5.74) is 4.69. The van der Waals surface area contributed by atoms with Gasteiger partial charge < -0.3 is 26.2 Å². The van der Waals surface area contributed by atoms with Crippen LogP contribution in [0.1, 0.15) is 28.7 Å². The lowest BCUT2D eigenvalue weighted by Crippen LogP contribution is -2.22. The highest BCUT2D eigenvalue weighted by Gasteiger charge is 2.22. The number of anilines is 1. The lowest BCUT2D eigenvalue weighted by Gasteiger charge is -2.16. The van der Waals surface area contributed by atoms with Crippen molar-refractivity contribution in [3.63, 3.8) is 0 Å². The van der Waals surface area contributed by atoms with E-state index in [4.69, 9.17) is 15.9 Å². The molecule has 6 N–H and O–H groups in total. The van der Waals surface area contributed by atoms with Gasteiger partial charge in [0.2, 0.25) is 0 Å². The zero-order chi connectivity index (χ0) is 13.0. The second-order valence-corrected chi connectivity index (χ2v) is 3.36. The number of hydrogen-bond acceptors (Lipinski definition) is 7. The van der Waals surface area contributed by atoms with Crippen LogP contribution in [0.5, 0.6) is 0 Å². The van der Waals surface area contributed by atoms with Crippen LogP contribution < -0.4 is 5.73 Å². The van der Waals surface area contributed by atoms with Crippen LogP contribution in [0.2, 0.25) is 0 Å². The molecule has 0 saturated carbocycles. The number of nitrogens with zero attached hydrogens (tertiary/aromatic N) is 2. The molecule has 0 aromatic carbocycles. The van der Waals surface area contributed by atoms with Crippen LogP contribution in [0, 0.1) is 0 Å². The van der Waals surface area contributed by atoms with Gasteiger partial charge in [0.05, 0.1) is 18.0 Å². The van der Waals surface area contributed by atoms with E-state index in [1.54, 1.807) is 0 Å². The molecular weight excluding hydrogens is 230 g/mol. The molecule has 0 bridgehead atoms. The van der Waals surface area contributed by atoms with Crippen molar-refractivity contribution >= 4 is 11.8 Å². The summed E-state index contributed by atoms with van der Waals surface area (Å²) in [5, 5.41) is 36.4. The van der Waals surface area contributed by atoms with Gasteiger partial charge in [-0.1, -0.05) is 0 Å². The summed E-state index contributed by atoms with van der Waals surface area (Å²) >= 11 is 0. The van der Waals surface area contributed by atoms with E-state index in [1.165, 1.54) is 0 Å². The Kier molecular flexibility index (Phi) is 4.32. The Morgan fingerprint density at radius 3 is 2.65 bits per heavy atom. The van der Waals surface area contributed by atoms with Crippen molar-refractivity contribution in [1.82, 2.24) is 9.97 Å². The average molecular weight is 243 g/mol. The molecule has 1 aromatic rings. The van der Waals surface area contributed by atoms with E-state index in [0.29, 0.717) is 0 Å². The predicted octanol–water partition coefficient (Wildman–Crippen LogP) is -1.47. The molecule has 0 aliphatic rings. The van der Waals surface area contributed by atoms with Crippen molar-refractivity contribution in [3.05, 3.63) is 17.6 Å². The normalized spacial score (nSPS) is 14.3. The van der Waals surface area contributed by atoms with Gasteiger partial charge in [-0.25, -0.2) is 14.8 Å². The number of hydrogen-bond donors (Lipinski definition) is 5. The number of carboxylic acids is 1. The Morgan fingerprint density at radius 2 is 2.12 bits per heavy atom. The summed E-state index contributed by atoms with van der Waals surface area (Å²) in [6.45, 7) is -0.313.